The van der Waals surface area contributed by atoms with Crippen LogP contribution in [-0.4, -0.2) is 29.8 Å². The van der Waals surface area contributed by atoms with Gasteiger partial charge in [-0.2, -0.15) is 0 Å². The van der Waals surface area contributed by atoms with E-state index in [1.54, 1.807) is 0 Å². The molecule has 2 N–H and O–H groups in total. The number of hydrogen-bond donors (Lipinski definition) is 2. The first kappa shape index (κ1) is 15.6. The molecule has 0 aliphatic carbocycles. The second kappa shape index (κ2) is 6.33. The molecule has 3 nitrogen and oxygen atoms in total. The van der Waals surface area contributed by atoms with Gasteiger partial charge >= 0.3 is 0 Å². The van der Waals surface area contributed by atoms with E-state index in [4.69, 9.17) is 11.6 Å². The smallest absolute Gasteiger partial charge is 0.0794 e. The number of β-amino-alcohol motifs (C(OH)–C–C–N with tert-alkyl or cyclic N) is 1. The van der Waals surface area contributed by atoms with Crippen LogP contribution in [0, 0.1) is 0 Å². The summed E-state index contributed by atoms with van der Waals surface area (Å²) in [6.45, 7) is 8.57. The van der Waals surface area contributed by atoms with Gasteiger partial charge < -0.3 is 15.3 Å². The van der Waals surface area contributed by atoms with Crippen molar-refractivity contribution in [3.05, 3.63) is 28.8 Å². The van der Waals surface area contributed by atoms with E-state index in [1.165, 1.54) is 5.56 Å². The Morgan fingerprint density at radius 2 is 2.20 bits per heavy atom. The third-order valence-corrected chi connectivity index (χ3v) is 4.07. The summed E-state index contributed by atoms with van der Waals surface area (Å²) in [7, 11) is 0. The highest BCUT2D eigenvalue weighted by Crippen LogP contribution is 2.34. The second-order valence-corrected chi connectivity index (χ2v) is 6.71. The molecule has 0 aromatic heterocycles. The molecule has 1 unspecified atom stereocenters. The molecule has 0 amide bonds. The van der Waals surface area contributed by atoms with Crippen LogP contribution in [0.25, 0.3) is 0 Å². The summed E-state index contributed by atoms with van der Waals surface area (Å²) in [6.07, 6.45) is 1.85. The number of para-hydroxylation sites is 1. The third-order valence-electron chi connectivity index (χ3n) is 3.76. The summed E-state index contributed by atoms with van der Waals surface area (Å²) < 4.78 is 0. The predicted octanol–water partition coefficient (Wildman–Crippen LogP) is 3.19. The van der Waals surface area contributed by atoms with Crippen LogP contribution in [0.1, 0.15) is 39.2 Å². The van der Waals surface area contributed by atoms with Gasteiger partial charge in [0.15, 0.2) is 0 Å². The first-order valence-electron chi connectivity index (χ1n) is 7.37. The summed E-state index contributed by atoms with van der Waals surface area (Å²) in [4.78, 5) is 2.23. The van der Waals surface area contributed by atoms with Crippen LogP contribution in [0.5, 0.6) is 0 Å². The molecular weight excluding hydrogens is 272 g/mol. The minimum Gasteiger partial charge on any atom is -0.388 e. The summed E-state index contributed by atoms with van der Waals surface area (Å²) >= 11 is 6.42. The average Bonchev–Trinajstić information content (AvgIpc) is 2.35. The van der Waals surface area contributed by atoms with Crippen LogP contribution in [-0.2, 0) is 6.54 Å². The van der Waals surface area contributed by atoms with E-state index in [0.29, 0.717) is 12.6 Å². The molecule has 1 aromatic carbocycles. The largest absolute Gasteiger partial charge is 0.388 e. The molecule has 1 aromatic rings. The van der Waals surface area contributed by atoms with Crippen molar-refractivity contribution in [3.8, 4) is 0 Å². The van der Waals surface area contributed by atoms with Crippen molar-refractivity contribution in [2.75, 3.05) is 18.0 Å². The van der Waals surface area contributed by atoms with Crippen LogP contribution in [0.2, 0.25) is 5.02 Å². The van der Waals surface area contributed by atoms with E-state index >= 15 is 0 Å². The Labute approximate surface area is 126 Å². The number of halogens is 1. The monoisotopic (exact) mass is 296 g/mol. The molecule has 1 aliphatic rings. The topological polar surface area (TPSA) is 35.5 Å². The fraction of sp³-hybridized carbons (Fsp3) is 0.625. The van der Waals surface area contributed by atoms with E-state index < -0.39 is 5.60 Å². The van der Waals surface area contributed by atoms with Gasteiger partial charge in [-0.3, -0.25) is 0 Å². The number of anilines is 1. The number of benzene rings is 1. The maximum absolute atomic E-state index is 10.3. The van der Waals surface area contributed by atoms with Gasteiger partial charge in [-0.1, -0.05) is 37.6 Å². The molecule has 0 bridgehead atoms. The van der Waals surface area contributed by atoms with Crippen molar-refractivity contribution in [1.82, 2.24) is 5.32 Å². The first-order valence-corrected chi connectivity index (χ1v) is 7.75. The highest BCUT2D eigenvalue weighted by molar-refractivity contribution is 6.33. The molecule has 0 radical (unpaired) electrons. The minimum absolute atomic E-state index is 0.436. The summed E-state index contributed by atoms with van der Waals surface area (Å²) in [6, 6.07) is 6.47. The van der Waals surface area contributed by atoms with E-state index in [2.05, 4.69) is 30.1 Å². The molecule has 1 aliphatic heterocycles. The van der Waals surface area contributed by atoms with Crippen LogP contribution < -0.4 is 10.2 Å². The van der Waals surface area contributed by atoms with Crippen LogP contribution in [0.4, 0.5) is 5.69 Å². The van der Waals surface area contributed by atoms with Crippen molar-refractivity contribution < 1.29 is 5.11 Å². The van der Waals surface area contributed by atoms with Gasteiger partial charge in [0.1, 0.15) is 0 Å². The molecular formula is C16H25ClN2O. The number of rotatable bonds is 4. The Bertz CT molecular complexity index is 460. The lowest BCUT2D eigenvalue weighted by atomic mass is 9.94. The Morgan fingerprint density at radius 3 is 2.85 bits per heavy atom. The standard InChI is InChI=1S/C16H25ClN2O/c1-12(2)18-10-13-6-4-7-14(17)15(13)19-9-5-8-16(3,20)11-19/h4,6-7,12,18,20H,5,8-11H2,1-3H3. The van der Waals surface area contributed by atoms with Crippen LogP contribution >= 0.6 is 11.6 Å². The van der Waals surface area contributed by atoms with Crippen molar-refractivity contribution in [1.29, 1.82) is 0 Å². The molecule has 0 spiro atoms. The molecule has 1 saturated heterocycles. The average molecular weight is 297 g/mol. The minimum atomic E-state index is -0.625. The van der Waals surface area contributed by atoms with Gasteiger partial charge in [-0.15, -0.1) is 0 Å². The van der Waals surface area contributed by atoms with Crippen LogP contribution in [0.3, 0.4) is 0 Å². The number of hydrogen-bond acceptors (Lipinski definition) is 3. The van der Waals surface area contributed by atoms with Crippen molar-refractivity contribution in [2.45, 2.75) is 51.8 Å². The van der Waals surface area contributed by atoms with Gasteiger partial charge in [-0.05, 0) is 31.4 Å². The summed E-state index contributed by atoms with van der Waals surface area (Å²) in [5, 5.41) is 14.5. The predicted molar refractivity (Wildman–Crippen MR) is 85.5 cm³/mol. The van der Waals surface area contributed by atoms with E-state index in [-0.39, 0.29) is 0 Å². The Kier molecular flexibility index (Phi) is 4.95. The van der Waals surface area contributed by atoms with Gasteiger partial charge in [-0.25, -0.2) is 0 Å². The Balaban J connectivity index is 2.25. The second-order valence-electron chi connectivity index (χ2n) is 6.31. The van der Waals surface area contributed by atoms with Crippen LogP contribution in [0.15, 0.2) is 18.2 Å². The Hall–Kier alpha value is -0.770. The highest BCUT2D eigenvalue weighted by atomic mass is 35.5. The number of nitrogens with zero attached hydrogens (tertiary/aromatic N) is 1. The quantitative estimate of drug-likeness (QED) is 0.896. The van der Waals surface area contributed by atoms with Gasteiger partial charge in [0.25, 0.3) is 0 Å². The summed E-state index contributed by atoms with van der Waals surface area (Å²) in [5.74, 6) is 0. The maximum Gasteiger partial charge on any atom is 0.0794 e. The summed E-state index contributed by atoms with van der Waals surface area (Å²) in [5.41, 5.74) is 1.64. The zero-order chi connectivity index (χ0) is 14.8. The van der Waals surface area contributed by atoms with Crippen molar-refractivity contribution >= 4 is 17.3 Å². The molecule has 1 atom stereocenters. The molecule has 1 heterocycles. The molecule has 1 fully saturated rings. The first-order chi connectivity index (χ1) is 9.39. The maximum atomic E-state index is 10.3. The van der Waals surface area contributed by atoms with E-state index in [0.717, 1.165) is 36.6 Å². The van der Waals surface area contributed by atoms with Crippen molar-refractivity contribution in [3.63, 3.8) is 0 Å². The lowest BCUT2D eigenvalue weighted by molar-refractivity contribution is 0.0449. The molecule has 4 heteroatoms. The molecule has 0 saturated carbocycles. The third kappa shape index (κ3) is 3.87. The van der Waals surface area contributed by atoms with Crippen molar-refractivity contribution in [2.24, 2.45) is 0 Å². The van der Waals surface area contributed by atoms with Gasteiger partial charge in [0.2, 0.25) is 0 Å². The molecule has 112 valence electrons. The fourth-order valence-corrected chi connectivity index (χ4v) is 3.10. The zero-order valence-corrected chi connectivity index (χ0v) is 13.4. The van der Waals surface area contributed by atoms with Gasteiger partial charge in [0, 0.05) is 25.7 Å². The van der Waals surface area contributed by atoms with Gasteiger partial charge in [0.05, 0.1) is 16.3 Å². The number of piperidine rings is 1. The highest BCUT2D eigenvalue weighted by Gasteiger charge is 2.30. The fourth-order valence-electron chi connectivity index (χ4n) is 2.78. The van der Waals surface area contributed by atoms with E-state index in [9.17, 15) is 5.11 Å². The molecule has 20 heavy (non-hydrogen) atoms. The lowest BCUT2D eigenvalue weighted by Crippen LogP contribution is -2.46. The van der Waals surface area contributed by atoms with E-state index in [1.807, 2.05) is 19.1 Å². The number of nitrogens with one attached hydrogen (secondary N) is 1. The zero-order valence-electron chi connectivity index (χ0n) is 12.6. The normalized spacial score (nSPS) is 23.4. The molecule has 2 rings (SSSR count). The number of aliphatic hydroxyl groups is 1. The lowest BCUT2D eigenvalue weighted by Gasteiger charge is -2.39. The SMILES string of the molecule is CC(C)NCc1cccc(Cl)c1N1CCCC(C)(O)C1. The Morgan fingerprint density at radius 1 is 1.45 bits per heavy atom.